The van der Waals surface area contributed by atoms with Gasteiger partial charge in [0.15, 0.2) is 0 Å². The van der Waals surface area contributed by atoms with E-state index in [0.29, 0.717) is 12.1 Å². The molecular formula is C18H23N5O. The Kier molecular flexibility index (Phi) is 5.36. The summed E-state index contributed by atoms with van der Waals surface area (Å²) >= 11 is 0. The lowest BCUT2D eigenvalue weighted by Gasteiger charge is -2.16. The molecule has 0 radical (unpaired) electrons. The Hall–Kier alpha value is -2.50. The molecule has 0 unspecified atom stereocenters. The van der Waals surface area contributed by atoms with Gasteiger partial charge in [0.2, 0.25) is 5.95 Å². The van der Waals surface area contributed by atoms with E-state index in [2.05, 4.69) is 25.2 Å². The number of nitrogens with zero attached hydrogens (tertiary/aromatic N) is 4. The Morgan fingerprint density at radius 1 is 1.25 bits per heavy atom. The highest BCUT2D eigenvalue weighted by atomic mass is 16.1. The van der Waals surface area contributed by atoms with E-state index in [1.54, 1.807) is 12.4 Å². The first-order valence-corrected chi connectivity index (χ1v) is 8.51. The maximum Gasteiger partial charge on any atom is 0.254 e. The monoisotopic (exact) mass is 325 g/mol. The topological polar surface area (TPSA) is 71.0 Å². The normalized spacial score (nSPS) is 14.0. The van der Waals surface area contributed by atoms with Gasteiger partial charge < -0.3 is 10.2 Å². The van der Waals surface area contributed by atoms with Crippen LogP contribution in [0.15, 0.2) is 30.6 Å². The highest BCUT2D eigenvalue weighted by Gasteiger charge is 2.17. The first-order chi connectivity index (χ1) is 11.7. The first kappa shape index (κ1) is 16.4. The van der Waals surface area contributed by atoms with Crippen molar-refractivity contribution in [1.82, 2.24) is 20.3 Å². The van der Waals surface area contributed by atoms with E-state index in [4.69, 9.17) is 0 Å². The molecule has 1 amide bonds. The number of aromatic nitrogens is 3. The number of anilines is 1. The number of rotatable bonds is 6. The summed E-state index contributed by atoms with van der Waals surface area (Å²) < 4.78 is 0. The number of aryl methyl sites for hydroxylation is 2. The van der Waals surface area contributed by atoms with Crippen molar-refractivity contribution in [2.24, 2.45) is 0 Å². The van der Waals surface area contributed by atoms with Crippen molar-refractivity contribution in [1.29, 1.82) is 0 Å². The zero-order chi connectivity index (χ0) is 16.8. The van der Waals surface area contributed by atoms with E-state index in [0.717, 1.165) is 43.3 Å². The molecule has 126 valence electrons. The Balaban J connectivity index is 1.51. The Morgan fingerprint density at radius 2 is 2.08 bits per heavy atom. The minimum absolute atomic E-state index is 0.110. The molecule has 0 spiro atoms. The third-order valence-corrected chi connectivity index (χ3v) is 4.22. The summed E-state index contributed by atoms with van der Waals surface area (Å²) in [6, 6.07) is 5.88. The standard InChI is InChI=1S/C18H23N5O/c1-14-16(13-21-18(22-14)23-11-4-5-12-23)17(24)20-10-6-8-15-7-2-3-9-19-15/h2-3,7,9,13H,4-6,8,10-12H2,1H3,(H,20,24). The average Bonchev–Trinajstić information content (AvgIpc) is 3.14. The Morgan fingerprint density at radius 3 is 2.79 bits per heavy atom. The molecule has 2 aromatic heterocycles. The predicted octanol–water partition coefficient (Wildman–Crippen LogP) is 2.14. The number of pyridine rings is 1. The van der Waals surface area contributed by atoms with E-state index in [-0.39, 0.29) is 5.91 Å². The molecule has 1 fully saturated rings. The van der Waals surface area contributed by atoms with Crippen LogP contribution >= 0.6 is 0 Å². The summed E-state index contributed by atoms with van der Waals surface area (Å²) in [4.78, 5) is 27.6. The highest BCUT2D eigenvalue weighted by Crippen LogP contribution is 2.16. The number of amides is 1. The largest absolute Gasteiger partial charge is 0.352 e. The Bertz CT molecular complexity index is 683. The number of nitrogens with one attached hydrogen (secondary N) is 1. The second kappa shape index (κ2) is 7.86. The van der Waals surface area contributed by atoms with Gasteiger partial charge in [-0.1, -0.05) is 6.07 Å². The van der Waals surface area contributed by atoms with Crippen LogP contribution in [0.5, 0.6) is 0 Å². The van der Waals surface area contributed by atoms with Crippen LogP contribution in [-0.4, -0.2) is 40.5 Å². The molecule has 3 rings (SSSR count). The zero-order valence-corrected chi connectivity index (χ0v) is 14.0. The molecule has 0 aliphatic carbocycles. The number of hydrogen-bond acceptors (Lipinski definition) is 5. The summed E-state index contributed by atoms with van der Waals surface area (Å²) in [5.74, 6) is 0.623. The van der Waals surface area contributed by atoms with Crippen molar-refractivity contribution >= 4 is 11.9 Å². The van der Waals surface area contributed by atoms with E-state index in [9.17, 15) is 4.79 Å². The molecule has 1 N–H and O–H groups in total. The maximum absolute atomic E-state index is 12.3. The van der Waals surface area contributed by atoms with Gasteiger partial charge >= 0.3 is 0 Å². The van der Waals surface area contributed by atoms with Crippen molar-refractivity contribution in [2.75, 3.05) is 24.5 Å². The molecule has 6 nitrogen and oxygen atoms in total. The van der Waals surface area contributed by atoms with Gasteiger partial charge in [-0.05, 0) is 44.7 Å². The molecule has 0 bridgehead atoms. The number of carbonyl (C=O) groups excluding carboxylic acids is 1. The predicted molar refractivity (Wildman–Crippen MR) is 93.1 cm³/mol. The molecule has 3 heterocycles. The lowest BCUT2D eigenvalue weighted by molar-refractivity contribution is 0.0952. The SMILES string of the molecule is Cc1nc(N2CCCC2)ncc1C(=O)NCCCc1ccccn1. The molecule has 1 saturated heterocycles. The first-order valence-electron chi connectivity index (χ1n) is 8.51. The van der Waals surface area contributed by atoms with Gasteiger partial charge in [0.25, 0.3) is 5.91 Å². The second-order valence-corrected chi connectivity index (χ2v) is 6.04. The Labute approximate surface area is 142 Å². The third-order valence-electron chi connectivity index (χ3n) is 4.22. The van der Waals surface area contributed by atoms with Crippen LogP contribution in [0.2, 0.25) is 0 Å². The van der Waals surface area contributed by atoms with Crippen molar-refractivity contribution in [3.63, 3.8) is 0 Å². The number of hydrogen-bond donors (Lipinski definition) is 1. The highest BCUT2D eigenvalue weighted by molar-refractivity contribution is 5.94. The lowest BCUT2D eigenvalue weighted by atomic mass is 10.2. The molecule has 1 aliphatic heterocycles. The van der Waals surface area contributed by atoms with Crippen molar-refractivity contribution in [3.8, 4) is 0 Å². The van der Waals surface area contributed by atoms with Crippen LogP contribution in [0.1, 0.15) is 41.0 Å². The van der Waals surface area contributed by atoms with Gasteiger partial charge in [-0.2, -0.15) is 0 Å². The van der Waals surface area contributed by atoms with E-state index >= 15 is 0 Å². The number of carbonyl (C=O) groups is 1. The van der Waals surface area contributed by atoms with Gasteiger partial charge in [-0.15, -0.1) is 0 Å². The van der Waals surface area contributed by atoms with Crippen LogP contribution in [0, 0.1) is 6.92 Å². The van der Waals surface area contributed by atoms with Crippen LogP contribution < -0.4 is 10.2 Å². The molecule has 1 aliphatic rings. The van der Waals surface area contributed by atoms with Gasteiger partial charge in [-0.25, -0.2) is 9.97 Å². The maximum atomic E-state index is 12.3. The fraction of sp³-hybridized carbons (Fsp3) is 0.444. The fourth-order valence-electron chi connectivity index (χ4n) is 2.86. The molecular weight excluding hydrogens is 302 g/mol. The smallest absolute Gasteiger partial charge is 0.254 e. The molecule has 2 aromatic rings. The van der Waals surface area contributed by atoms with Gasteiger partial charge in [0, 0.05) is 37.7 Å². The molecule has 24 heavy (non-hydrogen) atoms. The lowest BCUT2D eigenvalue weighted by Crippen LogP contribution is -2.27. The second-order valence-electron chi connectivity index (χ2n) is 6.04. The molecule has 0 atom stereocenters. The molecule has 0 saturated carbocycles. The molecule has 0 aromatic carbocycles. The summed E-state index contributed by atoms with van der Waals surface area (Å²) in [5, 5.41) is 2.94. The average molecular weight is 325 g/mol. The van der Waals surface area contributed by atoms with Crippen LogP contribution in [0.3, 0.4) is 0 Å². The molecule has 6 heteroatoms. The minimum atomic E-state index is -0.110. The fourth-order valence-corrected chi connectivity index (χ4v) is 2.86. The van der Waals surface area contributed by atoms with Crippen LogP contribution in [0.25, 0.3) is 0 Å². The zero-order valence-electron chi connectivity index (χ0n) is 14.0. The summed E-state index contributed by atoms with van der Waals surface area (Å²) in [5.41, 5.74) is 2.33. The third kappa shape index (κ3) is 4.07. The summed E-state index contributed by atoms with van der Waals surface area (Å²) in [7, 11) is 0. The van der Waals surface area contributed by atoms with Gasteiger partial charge in [0.05, 0.1) is 11.3 Å². The van der Waals surface area contributed by atoms with E-state index in [1.807, 2.05) is 25.1 Å². The van der Waals surface area contributed by atoms with Crippen LogP contribution in [0.4, 0.5) is 5.95 Å². The van der Waals surface area contributed by atoms with Gasteiger partial charge in [0.1, 0.15) is 0 Å². The van der Waals surface area contributed by atoms with E-state index in [1.165, 1.54) is 12.8 Å². The van der Waals surface area contributed by atoms with Crippen LogP contribution in [-0.2, 0) is 6.42 Å². The minimum Gasteiger partial charge on any atom is -0.352 e. The van der Waals surface area contributed by atoms with Crippen molar-refractivity contribution in [2.45, 2.75) is 32.6 Å². The summed E-state index contributed by atoms with van der Waals surface area (Å²) in [6.07, 6.45) is 7.50. The quantitative estimate of drug-likeness (QED) is 0.824. The van der Waals surface area contributed by atoms with Crippen molar-refractivity contribution < 1.29 is 4.79 Å². The van der Waals surface area contributed by atoms with Gasteiger partial charge in [-0.3, -0.25) is 9.78 Å². The van der Waals surface area contributed by atoms with E-state index < -0.39 is 0 Å². The van der Waals surface area contributed by atoms with Crippen molar-refractivity contribution in [3.05, 3.63) is 47.5 Å². The summed E-state index contributed by atoms with van der Waals surface area (Å²) in [6.45, 7) is 4.48.